The molecular weight excluding hydrogens is 252 g/mol. The van der Waals surface area contributed by atoms with Gasteiger partial charge in [0.15, 0.2) is 0 Å². The summed E-state index contributed by atoms with van der Waals surface area (Å²) in [4.78, 5) is 8.34. The van der Waals surface area contributed by atoms with Gasteiger partial charge in [0, 0.05) is 11.6 Å². The molecule has 0 amide bonds. The number of hydrogen-bond donors (Lipinski definition) is 1. The van der Waals surface area contributed by atoms with E-state index in [9.17, 15) is 24.0 Å². The van der Waals surface area contributed by atoms with Gasteiger partial charge >= 0.3 is 6.05 Å². The molecule has 1 aromatic rings. The number of alkyl halides is 2. The van der Waals surface area contributed by atoms with Gasteiger partial charge < -0.3 is 14.6 Å². The molecule has 0 spiro atoms. The third kappa shape index (κ3) is 2.48. The molecule has 0 bridgehead atoms. The molecule has 0 fully saturated rings. The molecule has 6 nitrogen and oxygen atoms in total. The van der Waals surface area contributed by atoms with Crippen LogP contribution >= 0.6 is 0 Å². The summed E-state index contributed by atoms with van der Waals surface area (Å²) in [6, 6.07) is -0.882. The Morgan fingerprint density at radius 1 is 1.39 bits per heavy atom. The monoisotopic (exact) mass is 263 g/mol. The van der Waals surface area contributed by atoms with Crippen LogP contribution in [0.25, 0.3) is 0 Å². The number of hydrogen-bond acceptors (Lipinski definition) is 5. The molecule has 0 radical (unpaired) electrons. The minimum atomic E-state index is -4.50. The van der Waals surface area contributed by atoms with Gasteiger partial charge in [-0.2, -0.15) is 0 Å². The van der Waals surface area contributed by atoms with Crippen LogP contribution in [0, 0.1) is 10.1 Å². The van der Waals surface area contributed by atoms with Gasteiger partial charge in [0.05, 0.1) is 19.1 Å². The van der Waals surface area contributed by atoms with E-state index in [0.29, 0.717) is 5.75 Å². The smallest absolute Gasteiger partial charge is 0.497 e. The minimum Gasteiger partial charge on any atom is -0.497 e. The zero-order chi connectivity index (χ0) is 13.9. The van der Waals surface area contributed by atoms with Crippen molar-refractivity contribution in [2.24, 2.45) is 0 Å². The van der Waals surface area contributed by atoms with Gasteiger partial charge in [-0.3, -0.25) is 10.1 Å². The third-order valence-electron chi connectivity index (χ3n) is 2.31. The molecule has 1 N–H and O–H groups in total. The van der Waals surface area contributed by atoms with Gasteiger partial charge in [-0.1, -0.05) is 0 Å². The van der Waals surface area contributed by atoms with Gasteiger partial charge in [0.2, 0.25) is 6.10 Å². The lowest BCUT2D eigenvalue weighted by Crippen LogP contribution is -2.35. The molecule has 1 atom stereocenters. The number of rotatable bonds is 5. The second-order valence-electron chi connectivity index (χ2n) is 3.36. The summed E-state index contributed by atoms with van der Waals surface area (Å²) in [5.41, 5.74) is -0.389. The first-order valence-corrected chi connectivity index (χ1v) is 4.77. The molecule has 0 aromatic heterocycles. The Hall–Kier alpha value is -1.96. The van der Waals surface area contributed by atoms with Crippen molar-refractivity contribution in [1.29, 1.82) is 0 Å². The van der Waals surface area contributed by atoms with Crippen LogP contribution in [0.5, 0.6) is 11.5 Å². The highest BCUT2D eigenvalue weighted by Gasteiger charge is 2.54. The summed E-state index contributed by atoms with van der Waals surface area (Å²) in [5.74, 6) is 0.190. The largest absolute Gasteiger partial charge is 0.541 e. The molecule has 1 aromatic carbocycles. The molecule has 0 heterocycles. The van der Waals surface area contributed by atoms with Crippen molar-refractivity contribution in [3.05, 3.63) is 33.9 Å². The summed E-state index contributed by atoms with van der Waals surface area (Å²) in [6.07, 6.45) is -2.60. The number of ether oxygens (including phenoxy) is 2. The predicted molar refractivity (Wildman–Crippen MR) is 56.4 cm³/mol. The van der Waals surface area contributed by atoms with Crippen molar-refractivity contribution in [3.63, 3.8) is 0 Å². The van der Waals surface area contributed by atoms with Crippen molar-refractivity contribution in [2.75, 3.05) is 14.2 Å². The van der Waals surface area contributed by atoms with Crippen LogP contribution in [0.3, 0.4) is 0 Å². The number of benzene rings is 1. The number of nitrogens with zero attached hydrogens (tertiary/aromatic N) is 1. The summed E-state index contributed by atoms with van der Waals surface area (Å²) >= 11 is 0. The lowest BCUT2D eigenvalue weighted by molar-refractivity contribution is -0.659. The Morgan fingerprint density at radius 3 is 2.44 bits per heavy atom. The highest BCUT2D eigenvalue weighted by atomic mass is 19.3. The summed E-state index contributed by atoms with van der Waals surface area (Å²) < 4.78 is 35.8. The molecule has 0 saturated carbocycles. The highest BCUT2D eigenvalue weighted by molar-refractivity contribution is 5.42. The fourth-order valence-electron chi connectivity index (χ4n) is 1.33. The lowest BCUT2D eigenvalue weighted by Gasteiger charge is -2.17. The van der Waals surface area contributed by atoms with Gasteiger partial charge in [-0.05, 0) is 12.1 Å². The fraction of sp³-hybridized carbons (Fsp3) is 0.400. The normalized spacial score (nSPS) is 12.9. The summed E-state index contributed by atoms with van der Waals surface area (Å²) in [6.45, 7) is 0. The van der Waals surface area contributed by atoms with Crippen LogP contribution in [0.2, 0.25) is 0 Å². The van der Waals surface area contributed by atoms with E-state index < -0.39 is 17.1 Å². The van der Waals surface area contributed by atoms with Crippen molar-refractivity contribution in [2.45, 2.75) is 12.2 Å². The van der Waals surface area contributed by atoms with Crippen molar-refractivity contribution in [1.82, 2.24) is 0 Å². The first kappa shape index (κ1) is 14.1. The average molecular weight is 263 g/mol. The van der Waals surface area contributed by atoms with Crippen molar-refractivity contribution < 1.29 is 28.3 Å². The molecule has 100 valence electrons. The molecule has 8 heteroatoms. The lowest BCUT2D eigenvalue weighted by atomic mass is 10.1. The molecule has 1 unspecified atom stereocenters. The Morgan fingerprint density at radius 2 is 2.00 bits per heavy atom. The number of nitro groups is 1. The Labute approximate surface area is 101 Å². The zero-order valence-electron chi connectivity index (χ0n) is 9.59. The zero-order valence-corrected chi connectivity index (χ0v) is 9.59. The summed E-state index contributed by atoms with van der Waals surface area (Å²) in [5, 5.41) is 19.6. The maximum atomic E-state index is 13.1. The number of aliphatic hydroxyl groups is 1. The van der Waals surface area contributed by atoms with Gasteiger partial charge in [-0.15, -0.1) is 8.78 Å². The molecule has 1 rings (SSSR count). The van der Waals surface area contributed by atoms with Crippen LogP contribution in [0.1, 0.15) is 11.7 Å². The van der Waals surface area contributed by atoms with Gasteiger partial charge in [-0.25, -0.2) is 0 Å². The Kier molecular flexibility index (Phi) is 4.02. The molecule has 0 saturated heterocycles. The van der Waals surface area contributed by atoms with E-state index in [0.717, 1.165) is 6.07 Å². The fourth-order valence-corrected chi connectivity index (χ4v) is 1.33. The van der Waals surface area contributed by atoms with Crippen LogP contribution in [-0.4, -0.2) is 30.3 Å². The van der Waals surface area contributed by atoms with Crippen LogP contribution < -0.4 is 9.47 Å². The SMILES string of the molecule is COc1ccc(C(O)C(F)(F)[N+](=O)[O-])c(OC)c1. The second kappa shape index (κ2) is 5.13. The van der Waals surface area contributed by atoms with Gasteiger partial charge in [0.25, 0.3) is 0 Å². The quantitative estimate of drug-likeness (QED) is 0.495. The number of halogens is 2. The van der Waals surface area contributed by atoms with Crippen LogP contribution in [0.4, 0.5) is 8.78 Å². The average Bonchev–Trinajstić information content (AvgIpc) is 2.36. The Balaban J connectivity index is 3.20. The highest BCUT2D eigenvalue weighted by Crippen LogP contribution is 2.37. The van der Waals surface area contributed by atoms with E-state index in [1.54, 1.807) is 0 Å². The molecule has 0 aliphatic carbocycles. The summed E-state index contributed by atoms with van der Waals surface area (Å²) in [7, 11) is 2.55. The minimum absolute atomic E-state index is 0.122. The predicted octanol–water partition coefficient (Wildman–Crippen LogP) is 1.61. The molecular formula is C10H11F2NO5. The molecule has 0 aliphatic rings. The standard InChI is InChI=1S/C10H11F2NO5/c1-17-6-3-4-7(8(5-6)18-2)9(14)10(11,12)13(15)16/h3-5,9,14H,1-2H3. The first-order valence-electron chi connectivity index (χ1n) is 4.77. The molecule has 18 heavy (non-hydrogen) atoms. The second-order valence-corrected chi connectivity index (χ2v) is 3.36. The van der Waals surface area contributed by atoms with Crippen molar-refractivity contribution in [3.8, 4) is 11.5 Å². The molecule has 0 aliphatic heterocycles. The van der Waals surface area contributed by atoms with E-state index in [-0.39, 0.29) is 11.3 Å². The van der Waals surface area contributed by atoms with E-state index in [1.165, 1.54) is 26.4 Å². The maximum Gasteiger partial charge on any atom is 0.541 e. The van der Waals surface area contributed by atoms with Crippen LogP contribution in [-0.2, 0) is 0 Å². The first-order chi connectivity index (χ1) is 8.34. The number of aliphatic hydroxyl groups excluding tert-OH is 1. The van der Waals surface area contributed by atoms with Crippen LogP contribution in [0.15, 0.2) is 18.2 Å². The topological polar surface area (TPSA) is 81.8 Å². The number of methoxy groups -OCH3 is 2. The van der Waals surface area contributed by atoms with Crippen molar-refractivity contribution >= 4 is 0 Å². The maximum absolute atomic E-state index is 13.1. The third-order valence-corrected chi connectivity index (χ3v) is 2.31. The van der Waals surface area contributed by atoms with E-state index in [2.05, 4.69) is 0 Å². The van der Waals surface area contributed by atoms with Gasteiger partial charge in [0.1, 0.15) is 11.5 Å². The van der Waals surface area contributed by atoms with E-state index >= 15 is 0 Å². The Bertz CT molecular complexity index is 452. The van der Waals surface area contributed by atoms with E-state index in [1.807, 2.05) is 0 Å². The van der Waals surface area contributed by atoms with E-state index in [4.69, 9.17) is 9.47 Å².